The Bertz CT molecular complexity index is 975. The third kappa shape index (κ3) is 3.62. The highest BCUT2D eigenvalue weighted by Gasteiger charge is 2.43. The molecule has 1 aromatic carbocycles. The molecule has 1 aromatic rings. The monoisotopic (exact) mass is 416 g/mol. The highest BCUT2D eigenvalue weighted by Crippen LogP contribution is 2.34. The predicted octanol–water partition coefficient (Wildman–Crippen LogP) is 3.41. The number of allylic oxidation sites excluding steroid dienone is 2. The number of hydrogen-bond donors (Lipinski definition) is 0. The number of amides is 1. The Hall–Kier alpha value is -2.12. The summed E-state index contributed by atoms with van der Waals surface area (Å²) < 4.78 is 33.3. The molecule has 0 spiro atoms. The smallest absolute Gasteiger partial charge is 0.410 e. The third-order valence-corrected chi connectivity index (χ3v) is 8.30. The summed E-state index contributed by atoms with van der Waals surface area (Å²) in [6.45, 7) is 7.05. The van der Waals surface area contributed by atoms with Gasteiger partial charge >= 0.3 is 6.09 Å². The number of carbonyl (C=O) groups excluding carboxylic acids is 1. The van der Waals surface area contributed by atoms with E-state index in [4.69, 9.17) is 4.74 Å². The first-order valence-corrected chi connectivity index (χ1v) is 11.6. The minimum Gasteiger partial charge on any atom is -0.445 e. The minimum absolute atomic E-state index is 0.00810. The van der Waals surface area contributed by atoms with Crippen LogP contribution >= 0.6 is 0 Å². The quantitative estimate of drug-likeness (QED) is 0.757. The van der Waals surface area contributed by atoms with E-state index in [2.05, 4.69) is 13.0 Å². The fourth-order valence-corrected chi connectivity index (χ4v) is 6.43. The number of benzene rings is 1. The first-order valence-electron chi connectivity index (χ1n) is 10.2. The number of fused-ring (bicyclic) bond motifs is 1. The Morgan fingerprint density at radius 2 is 1.86 bits per heavy atom. The maximum atomic E-state index is 13.1. The van der Waals surface area contributed by atoms with Crippen LogP contribution < -0.4 is 0 Å². The van der Waals surface area contributed by atoms with Crippen LogP contribution in [-0.4, -0.2) is 55.5 Å². The van der Waals surface area contributed by atoms with E-state index in [0.717, 1.165) is 16.7 Å². The summed E-state index contributed by atoms with van der Waals surface area (Å²) >= 11 is 0. The molecule has 2 heterocycles. The number of sulfonamides is 1. The first-order chi connectivity index (χ1) is 13.8. The van der Waals surface area contributed by atoms with Crippen LogP contribution in [0, 0.1) is 19.8 Å². The molecule has 2 unspecified atom stereocenters. The normalized spacial score (nSPS) is 26.1. The van der Waals surface area contributed by atoms with E-state index in [1.165, 1.54) is 0 Å². The maximum absolute atomic E-state index is 13.1. The summed E-state index contributed by atoms with van der Waals surface area (Å²) in [6, 6.07) is 5.42. The van der Waals surface area contributed by atoms with E-state index in [1.807, 2.05) is 43.0 Å². The SMILES string of the molecule is Cc1ccc(S(=O)(=O)N2CCC(N3C(=O)OCC4=CC=CC(C)C43)CC2)c(C)c1. The van der Waals surface area contributed by atoms with Gasteiger partial charge in [-0.25, -0.2) is 13.2 Å². The zero-order chi connectivity index (χ0) is 20.8. The maximum Gasteiger partial charge on any atom is 0.410 e. The molecule has 1 aliphatic carbocycles. The summed E-state index contributed by atoms with van der Waals surface area (Å²) in [7, 11) is -3.54. The molecule has 2 aliphatic heterocycles. The molecule has 2 atom stereocenters. The predicted molar refractivity (Wildman–Crippen MR) is 111 cm³/mol. The van der Waals surface area contributed by atoms with Gasteiger partial charge in [-0.05, 0) is 49.8 Å². The van der Waals surface area contributed by atoms with Gasteiger partial charge in [0.15, 0.2) is 0 Å². The van der Waals surface area contributed by atoms with E-state index in [1.54, 1.807) is 10.4 Å². The van der Waals surface area contributed by atoms with Gasteiger partial charge in [-0.2, -0.15) is 4.31 Å². The molecular formula is C22H28N2O4S. The lowest BCUT2D eigenvalue weighted by Gasteiger charge is -2.46. The highest BCUT2D eigenvalue weighted by molar-refractivity contribution is 7.89. The number of rotatable bonds is 3. The van der Waals surface area contributed by atoms with Crippen LogP contribution in [-0.2, 0) is 14.8 Å². The van der Waals surface area contributed by atoms with Gasteiger partial charge in [-0.3, -0.25) is 4.90 Å². The van der Waals surface area contributed by atoms with Crippen LogP contribution in [0.1, 0.15) is 30.9 Å². The molecule has 2 fully saturated rings. The van der Waals surface area contributed by atoms with Gasteiger partial charge in [0.05, 0.1) is 10.9 Å². The van der Waals surface area contributed by atoms with E-state index in [-0.39, 0.29) is 24.1 Å². The van der Waals surface area contributed by atoms with Crippen molar-refractivity contribution in [3.05, 3.63) is 53.1 Å². The molecule has 6 nitrogen and oxygen atoms in total. The molecule has 2 saturated heterocycles. The fourth-order valence-electron chi connectivity index (χ4n) is 4.76. The molecule has 4 rings (SSSR count). The summed E-state index contributed by atoms with van der Waals surface area (Å²) in [5.41, 5.74) is 2.93. The molecule has 1 amide bonds. The molecule has 29 heavy (non-hydrogen) atoms. The molecule has 7 heteroatoms. The molecule has 0 bridgehead atoms. The standard InChI is InChI=1S/C22H28N2O4S/c1-15-7-8-20(17(3)13-15)29(26,27)23-11-9-19(10-12-23)24-21-16(2)5-4-6-18(21)14-28-22(24)25/h4-8,13,16,19,21H,9-12,14H2,1-3H3. The van der Waals surface area contributed by atoms with Gasteiger partial charge in [-0.15, -0.1) is 0 Å². The number of hydrogen-bond acceptors (Lipinski definition) is 4. The van der Waals surface area contributed by atoms with Crippen molar-refractivity contribution in [2.24, 2.45) is 5.92 Å². The second-order valence-electron chi connectivity index (χ2n) is 8.30. The van der Waals surface area contributed by atoms with Crippen molar-refractivity contribution in [3.8, 4) is 0 Å². The molecule has 0 radical (unpaired) electrons. The minimum atomic E-state index is -3.54. The molecule has 156 valence electrons. The van der Waals surface area contributed by atoms with Gasteiger partial charge in [-0.1, -0.05) is 42.8 Å². The largest absolute Gasteiger partial charge is 0.445 e. The van der Waals surface area contributed by atoms with Crippen LogP contribution in [0.3, 0.4) is 0 Å². The lowest BCUT2D eigenvalue weighted by Crippen LogP contribution is -2.57. The summed E-state index contributed by atoms with van der Waals surface area (Å²) in [5, 5.41) is 0. The number of piperidine rings is 1. The molecule has 0 aromatic heterocycles. The van der Waals surface area contributed by atoms with Crippen molar-refractivity contribution in [2.45, 2.75) is 50.6 Å². The lowest BCUT2D eigenvalue weighted by atomic mass is 9.86. The number of ether oxygens (including phenoxy) is 1. The van der Waals surface area contributed by atoms with Crippen molar-refractivity contribution in [3.63, 3.8) is 0 Å². The van der Waals surface area contributed by atoms with Crippen LogP contribution in [0.15, 0.2) is 46.9 Å². The zero-order valence-corrected chi connectivity index (χ0v) is 18.0. The van der Waals surface area contributed by atoms with Crippen LogP contribution in [0.25, 0.3) is 0 Å². The average molecular weight is 417 g/mol. The van der Waals surface area contributed by atoms with E-state index >= 15 is 0 Å². The van der Waals surface area contributed by atoms with Gasteiger partial charge < -0.3 is 4.74 Å². The van der Waals surface area contributed by atoms with Crippen molar-refractivity contribution >= 4 is 16.1 Å². The number of cyclic esters (lactones) is 1. The average Bonchev–Trinajstić information content (AvgIpc) is 2.68. The van der Waals surface area contributed by atoms with Gasteiger partial charge in [0.1, 0.15) is 6.61 Å². The molecular weight excluding hydrogens is 388 g/mol. The van der Waals surface area contributed by atoms with Crippen molar-refractivity contribution in [1.82, 2.24) is 9.21 Å². The Morgan fingerprint density at radius 1 is 1.14 bits per heavy atom. The topological polar surface area (TPSA) is 66.9 Å². The molecule has 3 aliphatic rings. The van der Waals surface area contributed by atoms with Gasteiger partial charge in [0.25, 0.3) is 0 Å². The van der Waals surface area contributed by atoms with Crippen molar-refractivity contribution in [1.29, 1.82) is 0 Å². The van der Waals surface area contributed by atoms with Crippen molar-refractivity contribution < 1.29 is 17.9 Å². The summed E-state index contributed by atoms with van der Waals surface area (Å²) in [4.78, 5) is 14.8. The van der Waals surface area contributed by atoms with E-state index < -0.39 is 10.0 Å². The van der Waals surface area contributed by atoms with Crippen LogP contribution in [0.2, 0.25) is 0 Å². The number of aryl methyl sites for hydroxylation is 2. The number of carbonyl (C=O) groups is 1. The second kappa shape index (κ2) is 7.61. The highest BCUT2D eigenvalue weighted by atomic mass is 32.2. The fraction of sp³-hybridized carbons (Fsp3) is 0.500. The van der Waals surface area contributed by atoms with Crippen LogP contribution in [0.5, 0.6) is 0 Å². The third-order valence-electron chi connectivity index (χ3n) is 6.24. The Balaban J connectivity index is 1.51. The van der Waals surface area contributed by atoms with E-state index in [9.17, 15) is 13.2 Å². The van der Waals surface area contributed by atoms with Crippen molar-refractivity contribution in [2.75, 3.05) is 19.7 Å². The zero-order valence-electron chi connectivity index (χ0n) is 17.2. The Labute approximate surface area is 172 Å². The summed E-state index contributed by atoms with van der Waals surface area (Å²) in [6.07, 6.45) is 7.10. The molecule has 0 saturated carbocycles. The first kappa shape index (κ1) is 20.2. The van der Waals surface area contributed by atoms with Gasteiger partial charge in [0.2, 0.25) is 10.0 Å². The summed E-state index contributed by atoms with van der Waals surface area (Å²) in [5.74, 6) is 0.222. The second-order valence-corrected chi connectivity index (χ2v) is 10.2. The number of nitrogens with zero attached hydrogens (tertiary/aromatic N) is 2. The lowest BCUT2D eigenvalue weighted by molar-refractivity contribution is 0.0298. The van der Waals surface area contributed by atoms with Gasteiger partial charge in [0, 0.05) is 19.1 Å². The van der Waals surface area contributed by atoms with Crippen LogP contribution in [0.4, 0.5) is 4.79 Å². The Kier molecular flexibility index (Phi) is 5.29. The van der Waals surface area contributed by atoms with E-state index in [0.29, 0.717) is 37.4 Å². The Morgan fingerprint density at radius 3 is 2.55 bits per heavy atom. The molecule has 0 N–H and O–H groups in total.